The first-order valence-electron chi connectivity index (χ1n) is 18.4. The molecular weight excluding hydrogens is 640 g/mol. The Morgan fingerprint density at radius 1 is 0.540 bits per heavy atom. The molecule has 3 aromatic carbocycles. The number of rotatable bonds is 9. The molecular formula is C47H45NP2. The van der Waals surface area contributed by atoms with Gasteiger partial charge in [-0.3, -0.25) is 0 Å². The van der Waals surface area contributed by atoms with Gasteiger partial charge in [-0.25, -0.2) is 4.98 Å². The highest BCUT2D eigenvalue weighted by atomic mass is 31.1. The van der Waals surface area contributed by atoms with Gasteiger partial charge in [0.15, 0.2) is 0 Å². The zero-order valence-electron chi connectivity index (χ0n) is 28.7. The first kappa shape index (κ1) is 33.0. The van der Waals surface area contributed by atoms with Crippen LogP contribution >= 0.6 is 15.8 Å². The molecule has 0 bridgehead atoms. The Bertz CT molecular complexity index is 2030. The summed E-state index contributed by atoms with van der Waals surface area (Å²) in [7, 11) is -0.937. The van der Waals surface area contributed by atoms with Gasteiger partial charge in [0.2, 0.25) is 0 Å². The van der Waals surface area contributed by atoms with E-state index in [9.17, 15) is 0 Å². The van der Waals surface area contributed by atoms with Crippen molar-refractivity contribution in [3.63, 3.8) is 0 Å². The highest BCUT2D eigenvalue weighted by Crippen LogP contribution is 2.56. The molecule has 0 radical (unpaired) electrons. The van der Waals surface area contributed by atoms with Gasteiger partial charge in [0, 0.05) is 16.9 Å². The van der Waals surface area contributed by atoms with Gasteiger partial charge < -0.3 is 0 Å². The fourth-order valence-corrected chi connectivity index (χ4v) is 13.7. The maximum atomic E-state index is 5.53. The van der Waals surface area contributed by atoms with E-state index in [0.29, 0.717) is 11.3 Å². The molecule has 0 amide bonds. The zero-order valence-corrected chi connectivity index (χ0v) is 30.5. The van der Waals surface area contributed by atoms with Crippen molar-refractivity contribution in [1.82, 2.24) is 4.98 Å². The van der Waals surface area contributed by atoms with Crippen molar-refractivity contribution in [2.75, 3.05) is 0 Å². The lowest BCUT2D eigenvalue weighted by Gasteiger charge is -2.32. The summed E-state index contributed by atoms with van der Waals surface area (Å²) in [6.07, 6.45) is 35.1. The van der Waals surface area contributed by atoms with Crippen LogP contribution in [0.25, 0.3) is 28.0 Å². The van der Waals surface area contributed by atoms with Crippen LogP contribution in [0.2, 0.25) is 0 Å². The molecule has 0 saturated carbocycles. The Morgan fingerprint density at radius 3 is 1.92 bits per heavy atom. The summed E-state index contributed by atoms with van der Waals surface area (Å²) in [5.74, 6) is 0. The first-order chi connectivity index (χ1) is 24.8. The molecule has 1 heterocycles. The predicted molar refractivity (Wildman–Crippen MR) is 220 cm³/mol. The molecule has 0 N–H and O–H groups in total. The standard InChI is InChI=1S/C47H45NP2/c1-6-18-36(19-7-1)39-34-46(37-20-16-30-44(32-37)49(40-22-8-2-9-23-40)41-24-10-3-11-25-41)48-47(35-39)38-21-17-31-45(33-38)50(42-26-12-4-13-27-42)43-28-14-5-15-29-43/h1-10,12-14,16,18-20,22,24,26-28,30,32-35,40,45H,11,15,17,21,23,25,29,31H2. The van der Waals surface area contributed by atoms with Crippen LogP contribution in [0.15, 0.2) is 175 Å². The number of nitrogens with zero attached hydrogens (tertiary/aromatic N) is 1. The van der Waals surface area contributed by atoms with E-state index in [4.69, 9.17) is 4.98 Å². The van der Waals surface area contributed by atoms with Crippen molar-refractivity contribution in [3.8, 4) is 22.4 Å². The number of pyridine rings is 1. The number of aromatic nitrogens is 1. The number of allylic oxidation sites excluding steroid dienone is 14. The van der Waals surface area contributed by atoms with Gasteiger partial charge >= 0.3 is 0 Å². The highest BCUT2D eigenvalue weighted by molar-refractivity contribution is 7.71. The molecule has 248 valence electrons. The average molecular weight is 686 g/mol. The summed E-state index contributed by atoms with van der Waals surface area (Å²) in [6.45, 7) is 0. The second-order valence-electron chi connectivity index (χ2n) is 13.6. The molecule has 4 aromatic rings. The van der Waals surface area contributed by atoms with E-state index < -0.39 is 15.8 Å². The summed E-state index contributed by atoms with van der Waals surface area (Å²) in [4.78, 5) is 5.53. The predicted octanol–water partition coefficient (Wildman–Crippen LogP) is 12.6. The van der Waals surface area contributed by atoms with Gasteiger partial charge in [-0.2, -0.15) is 0 Å². The van der Waals surface area contributed by atoms with Crippen molar-refractivity contribution in [1.29, 1.82) is 0 Å². The maximum Gasteiger partial charge on any atom is 0.0715 e. The van der Waals surface area contributed by atoms with Crippen LogP contribution in [0, 0.1) is 0 Å². The quantitative estimate of drug-likeness (QED) is 0.160. The minimum absolute atomic E-state index is 0.450. The molecule has 50 heavy (non-hydrogen) atoms. The van der Waals surface area contributed by atoms with Gasteiger partial charge in [0.05, 0.1) is 11.4 Å². The average Bonchev–Trinajstić information content (AvgIpc) is 3.20. The van der Waals surface area contributed by atoms with Crippen molar-refractivity contribution in [2.45, 2.75) is 62.7 Å². The van der Waals surface area contributed by atoms with Crippen LogP contribution in [0.3, 0.4) is 0 Å². The Morgan fingerprint density at radius 2 is 1.22 bits per heavy atom. The number of benzene rings is 3. The topological polar surface area (TPSA) is 12.9 Å². The molecule has 1 aromatic heterocycles. The summed E-state index contributed by atoms with van der Waals surface area (Å²) >= 11 is 0. The lowest BCUT2D eigenvalue weighted by molar-refractivity contribution is 0.746. The fourth-order valence-electron chi connectivity index (χ4n) is 7.84. The van der Waals surface area contributed by atoms with Gasteiger partial charge in [-0.05, 0) is 123 Å². The second kappa shape index (κ2) is 15.8. The molecule has 0 aliphatic heterocycles. The van der Waals surface area contributed by atoms with Gasteiger partial charge in [-0.1, -0.05) is 146 Å². The zero-order chi connectivity index (χ0) is 33.5. The largest absolute Gasteiger partial charge is 0.248 e. The third-order valence-corrected chi connectivity index (χ3v) is 16.1. The van der Waals surface area contributed by atoms with Gasteiger partial charge in [0.1, 0.15) is 0 Å². The van der Waals surface area contributed by atoms with Gasteiger partial charge in [-0.15, -0.1) is 0 Å². The highest BCUT2D eigenvalue weighted by Gasteiger charge is 2.29. The van der Waals surface area contributed by atoms with E-state index in [0.717, 1.165) is 43.5 Å². The molecule has 0 saturated heterocycles. The Labute approximate surface area is 301 Å². The summed E-state index contributed by atoms with van der Waals surface area (Å²) < 4.78 is 0. The van der Waals surface area contributed by atoms with Crippen LogP contribution in [-0.4, -0.2) is 16.3 Å². The van der Waals surface area contributed by atoms with Crippen molar-refractivity contribution in [2.24, 2.45) is 0 Å². The maximum absolute atomic E-state index is 5.53. The van der Waals surface area contributed by atoms with Crippen molar-refractivity contribution in [3.05, 3.63) is 180 Å². The molecule has 4 aliphatic rings. The first-order valence-corrected chi connectivity index (χ1v) is 21.2. The Kier molecular flexibility index (Phi) is 10.4. The fraction of sp³-hybridized carbons (Fsp3) is 0.213. The molecule has 4 atom stereocenters. The summed E-state index contributed by atoms with van der Waals surface area (Å²) in [5, 5.41) is 6.19. The minimum atomic E-state index is -0.487. The third-order valence-electron chi connectivity index (χ3n) is 10.3. The third kappa shape index (κ3) is 7.47. The normalized spacial score (nSPS) is 21.2. The summed E-state index contributed by atoms with van der Waals surface area (Å²) in [6, 6.07) is 36.3. The van der Waals surface area contributed by atoms with E-state index in [-0.39, 0.29) is 0 Å². The van der Waals surface area contributed by atoms with Crippen LogP contribution < -0.4 is 10.6 Å². The summed E-state index contributed by atoms with van der Waals surface area (Å²) in [5.41, 5.74) is 8.37. The van der Waals surface area contributed by atoms with Crippen LogP contribution in [0.1, 0.15) is 57.1 Å². The molecule has 4 unspecified atom stereocenters. The van der Waals surface area contributed by atoms with E-state index in [1.165, 1.54) is 52.1 Å². The van der Waals surface area contributed by atoms with Crippen LogP contribution in [-0.2, 0) is 0 Å². The number of hydrogen-bond donors (Lipinski definition) is 0. The van der Waals surface area contributed by atoms with Gasteiger partial charge in [0.25, 0.3) is 0 Å². The monoisotopic (exact) mass is 685 g/mol. The minimum Gasteiger partial charge on any atom is -0.248 e. The van der Waals surface area contributed by atoms with E-state index in [1.807, 2.05) is 0 Å². The SMILES string of the molecule is C1=CCCC(P(c2cccc(-c3cc(-c4ccccc4)cc(C4=CC(P(C5=CC=CCC5)c5ccccc5)CCC4)n3)c2)C2C=CC=CC2)=C1. The van der Waals surface area contributed by atoms with Crippen molar-refractivity contribution < 1.29 is 0 Å². The smallest absolute Gasteiger partial charge is 0.0715 e. The van der Waals surface area contributed by atoms with E-state index in [1.54, 1.807) is 10.6 Å². The molecule has 0 fully saturated rings. The molecule has 4 aliphatic carbocycles. The second-order valence-corrected chi connectivity index (χ2v) is 18.6. The van der Waals surface area contributed by atoms with Crippen LogP contribution in [0.4, 0.5) is 0 Å². The lowest BCUT2D eigenvalue weighted by atomic mass is 9.94. The molecule has 1 nitrogen and oxygen atoms in total. The van der Waals surface area contributed by atoms with Crippen LogP contribution in [0.5, 0.6) is 0 Å². The van der Waals surface area contributed by atoms with E-state index >= 15 is 0 Å². The molecule has 3 heteroatoms. The molecule has 0 spiro atoms. The number of hydrogen-bond acceptors (Lipinski definition) is 1. The Balaban J connectivity index is 1.21. The van der Waals surface area contributed by atoms with E-state index in [2.05, 4.69) is 164 Å². The molecule has 8 rings (SSSR count). The lowest BCUT2D eigenvalue weighted by Crippen LogP contribution is -2.17. The van der Waals surface area contributed by atoms with Crippen molar-refractivity contribution >= 4 is 32.0 Å². The Hall–Kier alpha value is -4.15.